The summed E-state index contributed by atoms with van der Waals surface area (Å²) in [5.41, 5.74) is 2.27. The van der Waals surface area contributed by atoms with E-state index in [4.69, 9.17) is 16.3 Å². The van der Waals surface area contributed by atoms with Crippen LogP contribution in [0.2, 0.25) is 5.02 Å². The van der Waals surface area contributed by atoms with Gasteiger partial charge in [0, 0.05) is 28.9 Å². The second kappa shape index (κ2) is 10.1. The van der Waals surface area contributed by atoms with E-state index in [1.807, 2.05) is 36.6 Å². The molecule has 0 saturated heterocycles. The summed E-state index contributed by atoms with van der Waals surface area (Å²) < 4.78 is 5.89. The van der Waals surface area contributed by atoms with E-state index in [0.717, 1.165) is 5.56 Å². The Hall–Kier alpha value is -2.83. The molecular weight excluding hydrogens is 408 g/mol. The maximum Gasteiger partial charge on any atom is 0.252 e. The van der Waals surface area contributed by atoms with Gasteiger partial charge < -0.3 is 15.4 Å². The largest absolute Gasteiger partial charge is 0.455 e. The highest BCUT2D eigenvalue weighted by Crippen LogP contribution is 2.32. The molecule has 0 aliphatic carbocycles. The molecule has 2 amide bonds. The maximum absolute atomic E-state index is 12.3. The number of amides is 2. The monoisotopic (exact) mass is 428 g/mol. The van der Waals surface area contributed by atoms with Gasteiger partial charge in [0.15, 0.2) is 5.75 Å². The third-order valence-electron chi connectivity index (χ3n) is 4.11. The zero-order valence-electron chi connectivity index (χ0n) is 15.9. The van der Waals surface area contributed by atoms with Gasteiger partial charge in [-0.15, -0.1) is 0 Å². The minimum Gasteiger partial charge on any atom is -0.455 e. The molecule has 0 aliphatic heterocycles. The molecule has 3 rings (SSSR count). The van der Waals surface area contributed by atoms with Gasteiger partial charge in [-0.25, -0.2) is 0 Å². The Morgan fingerprint density at radius 1 is 1.10 bits per heavy atom. The lowest BCUT2D eigenvalue weighted by Gasteiger charge is -2.13. The lowest BCUT2D eigenvalue weighted by atomic mass is 10.2. The summed E-state index contributed by atoms with van der Waals surface area (Å²) in [6.07, 6.45) is 0.789. The first-order valence-corrected chi connectivity index (χ1v) is 10.5. The Labute approximate surface area is 178 Å². The summed E-state index contributed by atoms with van der Waals surface area (Å²) in [6, 6.07) is 14.5. The highest BCUT2D eigenvalue weighted by Gasteiger charge is 2.11. The zero-order valence-corrected chi connectivity index (χ0v) is 17.5. The maximum atomic E-state index is 12.3. The molecule has 0 saturated carbocycles. The molecule has 0 fully saturated rings. The Morgan fingerprint density at radius 2 is 1.90 bits per heavy atom. The Bertz CT molecular complexity index is 972. The standard InChI is InChI=1S/C22H21ClN2O3S/c1-15-4-7-18(8-5-15)28-20-9-6-17(23)13-19(20)25-21(26)3-2-11-24-22(27)16-10-12-29-14-16/h4-10,12-14H,2-3,11H2,1H3,(H,24,27)(H,25,26). The van der Waals surface area contributed by atoms with E-state index in [9.17, 15) is 9.59 Å². The lowest BCUT2D eigenvalue weighted by molar-refractivity contribution is -0.116. The number of anilines is 1. The minimum absolute atomic E-state index is 0.129. The van der Waals surface area contributed by atoms with Crippen molar-refractivity contribution in [3.63, 3.8) is 0 Å². The van der Waals surface area contributed by atoms with Gasteiger partial charge in [-0.1, -0.05) is 29.3 Å². The van der Waals surface area contributed by atoms with E-state index < -0.39 is 0 Å². The van der Waals surface area contributed by atoms with E-state index in [1.54, 1.807) is 29.6 Å². The molecule has 0 spiro atoms. The van der Waals surface area contributed by atoms with Crippen LogP contribution in [0.4, 0.5) is 5.69 Å². The van der Waals surface area contributed by atoms with Crippen LogP contribution in [0.15, 0.2) is 59.3 Å². The van der Waals surface area contributed by atoms with Crippen LogP contribution < -0.4 is 15.4 Å². The van der Waals surface area contributed by atoms with Crippen molar-refractivity contribution >= 4 is 40.4 Å². The van der Waals surface area contributed by atoms with Gasteiger partial charge in [-0.2, -0.15) is 11.3 Å². The van der Waals surface area contributed by atoms with Crippen LogP contribution in [0, 0.1) is 6.92 Å². The van der Waals surface area contributed by atoms with Gasteiger partial charge in [0.2, 0.25) is 5.91 Å². The molecule has 1 heterocycles. The fourth-order valence-electron chi connectivity index (χ4n) is 2.58. The van der Waals surface area contributed by atoms with E-state index in [1.165, 1.54) is 11.3 Å². The topological polar surface area (TPSA) is 67.4 Å². The van der Waals surface area contributed by atoms with Crippen LogP contribution in [-0.2, 0) is 4.79 Å². The van der Waals surface area contributed by atoms with E-state index in [-0.39, 0.29) is 18.2 Å². The predicted molar refractivity (Wildman–Crippen MR) is 117 cm³/mol. The number of carbonyl (C=O) groups is 2. The van der Waals surface area contributed by atoms with Gasteiger partial charge in [-0.05, 0) is 55.1 Å². The van der Waals surface area contributed by atoms with Gasteiger partial charge in [-0.3, -0.25) is 9.59 Å². The smallest absolute Gasteiger partial charge is 0.252 e. The molecule has 150 valence electrons. The van der Waals surface area contributed by atoms with E-state index in [0.29, 0.717) is 40.7 Å². The number of thiophene rings is 1. The fraction of sp³-hybridized carbons (Fsp3) is 0.182. The van der Waals surface area contributed by atoms with Crippen molar-refractivity contribution in [1.82, 2.24) is 5.32 Å². The van der Waals surface area contributed by atoms with E-state index in [2.05, 4.69) is 10.6 Å². The van der Waals surface area contributed by atoms with Crippen molar-refractivity contribution in [2.45, 2.75) is 19.8 Å². The Morgan fingerprint density at radius 3 is 2.62 bits per heavy atom. The molecule has 3 aromatic rings. The van der Waals surface area contributed by atoms with Gasteiger partial charge in [0.1, 0.15) is 5.75 Å². The first kappa shape index (κ1) is 20.9. The molecule has 7 heteroatoms. The minimum atomic E-state index is -0.175. The number of hydrogen-bond donors (Lipinski definition) is 2. The third-order valence-corrected chi connectivity index (χ3v) is 5.03. The second-order valence-corrected chi connectivity index (χ2v) is 7.69. The molecule has 0 radical (unpaired) electrons. The van der Waals surface area contributed by atoms with Crippen LogP contribution in [0.25, 0.3) is 0 Å². The Balaban J connectivity index is 1.53. The van der Waals surface area contributed by atoms with Gasteiger partial charge >= 0.3 is 0 Å². The van der Waals surface area contributed by atoms with Gasteiger partial charge in [0.05, 0.1) is 5.69 Å². The van der Waals surface area contributed by atoms with E-state index >= 15 is 0 Å². The average Bonchev–Trinajstić information content (AvgIpc) is 3.24. The third kappa shape index (κ3) is 6.34. The number of aryl methyl sites for hydroxylation is 1. The van der Waals surface area contributed by atoms with Crippen molar-refractivity contribution in [3.8, 4) is 11.5 Å². The predicted octanol–water partition coefficient (Wildman–Crippen LogP) is 5.65. The summed E-state index contributed by atoms with van der Waals surface area (Å²) in [5, 5.41) is 9.78. The molecular formula is C22H21ClN2O3S. The molecule has 0 atom stereocenters. The molecule has 0 aliphatic rings. The highest BCUT2D eigenvalue weighted by molar-refractivity contribution is 7.08. The van der Waals surface area contributed by atoms with Crippen molar-refractivity contribution < 1.29 is 14.3 Å². The first-order valence-electron chi connectivity index (χ1n) is 9.15. The SMILES string of the molecule is Cc1ccc(Oc2ccc(Cl)cc2NC(=O)CCCNC(=O)c2ccsc2)cc1. The normalized spacial score (nSPS) is 10.4. The first-order chi connectivity index (χ1) is 14.0. The van der Waals surface area contributed by atoms with Crippen molar-refractivity contribution in [1.29, 1.82) is 0 Å². The zero-order chi connectivity index (χ0) is 20.6. The average molecular weight is 429 g/mol. The number of hydrogen-bond acceptors (Lipinski definition) is 4. The summed E-state index contributed by atoms with van der Waals surface area (Å²) in [4.78, 5) is 24.2. The van der Waals surface area contributed by atoms with Crippen LogP contribution in [0.1, 0.15) is 28.8 Å². The number of carbonyl (C=O) groups excluding carboxylic acids is 2. The summed E-state index contributed by atoms with van der Waals surface area (Å²) in [7, 11) is 0. The van der Waals surface area contributed by atoms with Gasteiger partial charge in [0.25, 0.3) is 5.91 Å². The number of ether oxygens (including phenoxy) is 1. The number of nitrogens with one attached hydrogen (secondary N) is 2. The quantitative estimate of drug-likeness (QED) is 0.455. The highest BCUT2D eigenvalue weighted by atomic mass is 35.5. The summed E-state index contributed by atoms with van der Waals surface area (Å²) in [5.74, 6) is 0.878. The lowest BCUT2D eigenvalue weighted by Crippen LogP contribution is -2.25. The molecule has 2 N–H and O–H groups in total. The van der Waals surface area contributed by atoms with Crippen LogP contribution in [0.5, 0.6) is 11.5 Å². The molecule has 29 heavy (non-hydrogen) atoms. The molecule has 0 bridgehead atoms. The molecule has 0 unspecified atom stereocenters. The fourth-order valence-corrected chi connectivity index (χ4v) is 3.39. The number of halogens is 1. The number of benzene rings is 2. The number of rotatable bonds is 8. The molecule has 1 aromatic heterocycles. The van der Waals surface area contributed by atoms with Crippen molar-refractivity contribution in [2.24, 2.45) is 0 Å². The Kier molecular flexibility index (Phi) is 7.27. The van der Waals surface area contributed by atoms with Crippen LogP contribution >= 0.6 is 22.9 Å². The molecule has 2 aromatic carbocycles. The van der Waals surface area contributed by atoms with Crippen molar-refractivity contribution in [3.05, 3.63) is 75.4 Å². The second-order valence-electron chi connectivity index (χ2n) is 6.48. The van der Waals surface area contributed by atoms with Crippen LogP contribution in [-0.4, -0.2) is 18.4 Å². The van der Waals surface area contributed by atoms with Crippen molar-refractivity contribution in [2.75, 3.05) is 11.9 Å². The molecule has 5 nitrogen and oxygen atoms in total. The van der Waals surface area contributed by atoms with Crippen LogP contribution in [0.3, 0.4) is 0 Å². The summed E-state index contributed by atoms with van der Waals surface area (Å²) >= 11 is 7.55. The summed E-state index contributed by atoms with van der Waals surface area (Å²) in [6.45, 7) is 2.42.